The first-order valence-electron chi connectivity index (χ1n) is 7.30. The fourth-order valence-corrected chi connectivity index (χ4v) is 2.64. The lowest BCUT2D eigenvalue weighted by molar-refractivity contribution is 0.182. The van der Waals surface area contributed by atoms with Gasteiger partial charge in [-0.25, -0.2) is 0 Å². The third-order valence-corrected chi connectivity index (χ3v) is 3.66. The minimum atomic E-state index is 0.196. The monoisotopic (exact) mass is 256 g/mol. The van der Waals surface area contributed by atoms with Crippen molar-refractivity contribution in [2.24, 2.45) is 11.3 Å². The predicted molar refractivity (Wildman–Crippen MR) is 77.8 cm³/mol. The van der Waals surface area contributed by atoms with Crippen LogP contribution in [-0.4, -0.2) is 48.3 Å². The van der Waals surface area contributed by atoms with Gasteiger partial charge in [0.05, 0.1) is 0 Å². The van der Waals surface area contributed by atoms with Crippen LogP contribution in [0.2, 0.25) is 0 Å². The maximum Gasteiger partial charge on any atom is 0.0434 e. The summed E-state index contributed by atoms with van der Waals surface area (Å²) in [6, 6.07) is 0. The number of rotatable bonds is 6. The second-order valence-corrected chi connectivity index (χ2v) is 7.67. The number of aliphatic hydroxyl groups is 1. The molecule has 1 rings (SSSR count). The van der Waals surface area contributed by atoms with Crippen molar-refractivity contribution in [3.05, 3.63) is 0 Å². The molecule has 0 aromatic heterocycles. The highest BCUT2D eigenvalue weighted by molar-refractivity contribution is 4.84. The molecule has 1 aliphatic heterocycles. The van der Waals surface area contributed by atoms with Crippen LogP contribution in [0.3, 0.4) is 0 Å². The number of hydrogen-bond donors (Lipinski definition) is 2. The molecule has 1 aliphatic rings. The van der Waals surface area contributed by atoms with Crippen molar-refractivity contribution in [2.45, 2.75) is 53.0 Å². The van der Waals surface area contributed by atoms with Crippen LogP contribution in [-0.2, 0) is 0 Å². The van der Waals surface area contributed by atoms with Gasteiger partial charge in [-0.15, -0.1) is 0 Å². The van der Waals surface area contributed by atoms with Crippen LogP contribution in [0.1, 0.15) is 47.5 Å². The highest BCUT2D eigenvalue weighted by atomic mass is 16.3. The Balaban J connectivity index is 2.32. The van der Waals surface area contributed by atoms with Gasteiger partial charge in [0.1, 0.15) is 0 Å². The predicted octanol–water partition coefficient (Wildman–Crippen LogP) is 2.11. The topological polar surface area (TPSA) is 35.5 Å². The molecule has 3 heteroatoms. The van der Waals surface area contributed by atoms with E-state index in [-0.39, 0.29) is 5.54 Å². The molecule has 1 heterocycles. The van der Waals surface area contributed by atoms with Gasteiger partial charge in [-0.2, -0.15) is 0 Å². The lowest BCUT2D eigenvalue weighted by atomic mass is 9.91. The molecule has 1 unspecified atom stereocenters. The van der Waals surface area contributed by atoms with Crippen LogP contribution >= 0.6 is 0 Å². The molecule has 3 nitrogen and oxygen atoms in total. The Hall–Kier alpha value is -0.120. The van der Waals surface area contributed by atoms with Crippen LogP contribution in [0.25, 0.3) is 0 Å². The molecule has 108 valence electrons. The maximum absolute atomic E-state index is 8.99. The summed E-state index contributed by atoms with van der Waals surface area (Å²) in [5.74, 6) is 0.710. The number of nitrogens with zero attached hydrogens (tertiary/aromatic N) is 1. The van der Waals surface area contributed by atoms with E-state index in [1.54, 1.807) is 0 Å². The zero-order valence-electron chi connectivity index (χ0n) is 12.9. The van der Waals surface area contributed by atoms with Crippen molar-refractivity contribution in [3.63, 3.8) is 0 Å². The highest BCUT2D eigenvalue weighted by Crippen LogP contribution is 2.24. The quantitative estimate of drug-likeness (QED) is 0.764. The number of hydrogen-bond acceptors (Lipinski definition) is 3. The molecule has 1 atom stereocenters. The molecule has 18 heavy (non-hydrogen) atoms. The molecule has 2 N–H and O–H groups in total. The van der Waals surface area contributed by atoms with Crippen LogP contribution in [0.15, 0.2) is 0 Å². The van der Waals surface area contributed by atoms with Gasteiger partial charge in [0.15, 0.2) is 0 Å². The fraction of sp³-hybridized carbons (Fsp3) is 1.00. The summed E-state index contributed by atoms with van der Waals surface area (Å²) in [4.78, 5) is 2.56. The number of nitrogens with one attached hydrogen (secondary N) is 1. The average molecular weight is 256 g/mol. The van der Waals surface area contributed by atoms with Crippen molar-refractivity contribution in [2.75, 3.05) is 32.8 Å². The second kappa shape index (κ2) is 6.36. The maximum atomic E-state index is 8.99. The van der Waals surface area contributed by atoms with Gasteiger partial charge >= 0.3 is 0 Å². The first-order valence-corrected chi connectivity index (χ1v) is 7.30. The van der Waals surface area contributed by atoms with Crippen molar-refractivity contribution in [1.29, 1.82) is 0 Å². The van der Waals surface area contributed by atoms with E-state index >= 15 is 0 Å². The molecular weight excluding hydrogens is 224 g/mol. The molecule has 1 fully saturated rings. The molecular formula is C15H32N2O. The van der Waals surface area contributed by atoms with Crippen molar-refractivity contribution >= 4 is 0 Å². The average Bonchev–Trinajstić information content (AvgIpc) is 2.62. The summed E-state index contributed by atoms with van der Waals surface area (Å²) in [5, 5.41) is 12.6. The molecule has 0 amide bonds. The van der Waals surface area contributed by atoms with Gasteiger partial charge in [0.2, 0.25) is 0 Å². The highest BCUT2D eigenvalue weighted by Gasteiger charge is 2.28. The van der Waals surface area contributed by atoms with Gasteiger partial charge < -0.3 is 15.3 Å². The van der Waals surface area contributed by atoms with Gasteiger partial charge in [-0.3, -0.25) is 0 Å². The minimum Gasteiger partial charge on any atom is -0.396 e. The Morgan fingerprint density at radius 1 is 1.22 bits per heavy atom. The molecule has 0 aromatic rings. The lowest BCUT2D eigenvalue weighted by Gasteiger charge is -2.33. The van der Waals surface area contributed by atoms with Crippen LogP contribution < -0.4 is 5.32 Å². The smallest absolute Gasteiger partial charge is 0.0434 e. The second-order valence-electron chi connectivity index (χ2n) is 7.67. The van der Waals surface area contributed by atoms with E-state index in [0.717, 1.165) is 19.5 Å². The Bertz CT molecular complexity index is 245. The van der Waals surface area contributed by atoms with Gasteiger partial charge in [-0.05, 0) is 51.5 Å². The molecule has 0 aliphatic carbocycles. The van der Waals surface area contributed by atoms with Crippen molar-refractivity contribution < 1.29 is 5.11 Å². The Morgan fingerprint density at radius 3 is 2.44 bits per heavy atom. The lowest BCUT2D eigenvalue weighted by Crippen LogP contribution is -2.46. The zero-order chi connectivity index (χ0) is 13.8. The first kappa shape index (κ1) is 15.9. The summed E-state index contributed by atoms with van der Waals surface area (Å²) < 4.78 is 0. The molecule has 0 saturated carbocycles. The van der Waals surface area contributed by atoms with Gasteiger partial charge in [-0.1, -0.05) is 13.8 Å². The van der Waals surface area contributed by atoms with E-state index in [0.29, 0.717) is 17.9 Å². The van der Waals surface area contributed by atoms with E-state index in [1.165, 1.54) is 19.5 Å². The van der Waals surface area contributed by atoms with E-state index in [4.69, 9.17) is 5.11 Å². The Labute approximate surface area is 113 Å². The normalized spacial score (nSPS) is 22.7. The summed E-state index contributed by atoms with van der Waals surface area (Å²) in [7, 11) is 0. The molecule has 0 bridgehead atoms. The largest absolute Gasteiger partial charge is 0.396 e. The van der Waals surface area contributed by atoms with Gasteiger partial charge in [0, 0.05) is 31.8 Å². The molecule has 0 spiro atoms. The van der Waals surface area contributed by atoms with E-state index in [2.05, 4.69) is 44.8 Å². The van der Waals surface area contributed by atoms with Gasteiger partial charge in [0.25, 0.3) is 0 Å². The van der Waals surface area contributed by atoms with E-state index < -0.39 is 0 Å². The number of likely N-dealkylation sites (tertiary alicyclic amines) is 1. The fourth-order valence-electron chi connectivity index (χ4n) is 2.64. The molecule has 1 saturated heterocycles. The zero-order valence-corrected chi connectivity index (χ0v) is 12.9. The van der Waals surface area contributed by atoms with Crippen LogP contribution in [0, 0.1) is 11.3 Å². The van der Waals surface area contributed by atoms with Crippen LogP contribution in [0.4, 0.5) is 0 Å². The first-order chi connectivity index (χ1) is 8.22. The van der Waals surface area contributed by atoms with Crippen molar-refractivity contribution in [1.82, 2.24) is 10.2 Å². The SMILES string of the molecule is CC(C)(CNC(C)(C)C)CN1CCC(CCO)C1. The summed E-state index contributed by atoms with van der Waals surface area (Å²) in [6.07, 6.45) is 2.22. The standard InChI is InChI=1S/C15H32N2O/c1-14(2,3)16-11-15(4,5)12-17-8-6-13(10-17)7-9-18/h13,16,18H,6-12H2,1-5H3. The Kier molecular flexibility index (Phi) is 5.63. The summed E-state index contributed by atoms with van der Waals surface area (Å²) in [6.45, 7) is 16.2. The van der Waals surface area contributed by atoms with Crippen LogP contribution in [0.5, 0.6) is 0 Å². The van der Waals surface area contributed by atoms with Crippen molar-refractivity contribution in [3.8, 4) is 0 Å². The third kappa shape index (κ3) is 6.17. The van der Waals surface area contributed by atoms with E-state index in [1.807, 2.05) is 0 Å². The Morgan fingerprint density at radius 2 is 1.89 bits per heavy atom. The third-order valence-electron chi connectivity index (χ3n) is 3.66. The summed E-state index contributed by atoms with van der Waals surface area (Å²) in [5.41, 5.74) is 0.503. The summed E-state index contributed by atoms with van der Waals surface area (Å²) >= 11 is 0. The molecule has 0 radical (unpaired) electrons. The minimum absolute atomic E-state index is 0.196. The van der Waals surface area contributed by atoms with E-state index in [9.17, 15) is 0 Å². The molecule has 0 aromatic carbocycles. The number of aliphatic hydroxyl groups excluding tert-OH is 1.